The van der Waals surface area contributed by atoms with Gasteiger partial charge in [0.15, 0.2) is 0 Å². The third-order valence-electron chi connectivity index (χ3n) is 5.51. The lowest BCUT2D eigenvalue weighted by Crippen LogP contribution is -1.99. The molecule has 0 fully saturated rings. The van der Waals surface area contributed by atoms with Crippen molar-refractivity contribution in [2.45, 2.75) is 61.8 Å². The molecule has 0 bridgehead atoms. The zero-order valence-corrected chi connectivity index (χ0v) is 36.8. The molecule has 0 saturated carbocycles. The van der Waals surface area contributed by atoms with Gasteiger partial charge in [-0.3, -0.25) is 4.79 Å². The highest BCUT2D eigenvalue weighted by molar-refractivity contribution is 5.74. The number of hydrogen-bond donors (Lipinski definition) is 0. The topological polar surface area (TPSA) is 26.8 Å². The van der Waals surface area contributed by atoms with E-state index in [-0.39, 0.29) is 7.43 Å². The number of aldehydes is 1. The maximum absolute atomic E-state index is 10.0. The van der Waals surface area contributed by atoms with Crippen molar-refractivity contribution in [3.8, 4) is 0 Å². The second-order valence-electron chi connectivity index (χ2n) is 12.4. The van der Waals surface area contributed by atoms with E-state index < -0.39 is 0 Å². The Morgan fingerprint density at radius 2 is 0.545 bits per heavy atom. The molecule has 0 saturated heterocycles. The van der Waals surface area contributed by atoms with E-state index in [1.807, 2.05) is 173 Å². The first-order chi connectivity index (χ1) is 25.9. The van der Waals surface area contributed by atoms with Crippen molar-refractivity contribution in [3.63, 3.8) is 0 Å². The smallest absolute Gasteiger partial charge is 0.150 e. The van der Waals surface area contributed by atoms with Crippen molar-refractivity contribution in [1.82, 2.24) is 14.7 Å². The first-order valence-electron chi connectivity index (χ1n) is 19.1. The van der Waals surface area contributed by atoms with Gasteiger partial charge in [0.2, 0.25) is 0 Å². The highest BCUT2D eigenvalue weighted by Gasteiger charge is 1.85. The van der Waals surface area contributed by atoms with Crippen LogP contribution in [0.1, 0.15) is 81.6 Å². The van der Waals surface area contributed by atoms with Gasteiger partial charge in [0, 0.05) is 5.56 Å². The summed E-state index contributed by atoms with van der Waals surface area (Å²) in [5.41, 5.74) is 6.01. The van der Waals surface area contributed by atoms with E-state index >= 15 is 0 Å². The molecule has 0 unspecified atom stereocenters. The van der Waals surface area contributed by atoms with Gasteiger partial charge in [-0.1, -0.05) is 213 Å². The number of rotatable bonds is 5. The summed E-state index contributed by atoms with van der Waals surface area (Å²) in [5.74, 6) is 0. The Bertz CT molecular complexity index is 1300. The van der Waals surface area contributed by atoms with Crippen LogP contribution >= 0.6 is 0 Å². The van der Waals surface area contributed by atoms with Crippen molar-refractivity contribution in [3.05, 3.63) is 179 Å². The van der Waals surface area contributed by atoms with E-state index in [0.29, 0.717) is 0 Å². The standard InChI is InChI=1S/C14H12.2C8H10.C7H6O.3C3H9N.2C2H6.CH4/c1-3-7-13(8-4-1)11-12-14-9-5-2-6-10-14;2*1-2-8-6-4-3-5-7-8;8-6-7-4-2-1-3-5-7;3*1-4(2)3;2*1-2;/h1-12H;2*3-7H,2H2,1H3;1-6H;3*1-3H3;2*1-2H3;1H4. The Morgan fingerprint density at radius 1 is 0.364 bits per heavy atom. The Morgan fingerprint density at radius 3 is 0.691 bits per heavy atom. The SMILES string of the molecule is C.C(=Cc1ccccc1)c1ccccc1.CC.CC.CCc1ccccc1.CCc1ccccc1.CN(C)C.CN(C)C.CN(C)C.O=Cc1ccccc1. The maximum Gasteiger partial charge on any atom is 0.150 e. The van der Waals surface area contributed by atoms with Crippen molar-refractivity contribution >= 4 is 18.4 Å². The van der Waals surface area contributed by atoms with E-state index in [1.165, 1.54) is 22.3 Å². The van der Waals surface area contributed by atoms with Crippen LogP contribution in [0.2, 0.25) is 0 Å². The van der Waals surface area contributed by atoms with Crippen molar-refractivity contribution in [2.75, 3.05) is 63.4 Å². The molecule has 0 aliphatic heterocycles. The minimum atomic E-state index is 0. The van der Waals surface area contributed by atoms with E-state index in [9.17, 15) is 4.79 Å². The summed E-state index contributed by atoms with van der Waals surface area (Å²) in [6, 6.07) is 50.6. The summed E-state index contributed by atoms with van der Waals surface area (Å²) in [4.78, 5) is 16.0. The lowest BCUT2D eigenvalue weighted by Gasteiger charge is -1.92. The number of benzene rings is 5. The predicted octanol–water partition coefficient (Wildman–Crippen LogP) is 13.1. The van der Waals surface area contributed by atoms with Gasteiger partial charge in [-0.15, -0.1) is 0 Å². The van der Waals surface area contributed by atoms with Crippen LogP contribution in [0.4, 0.5) is 0 Å². The summed E-state index contributed by atoms with van der Waals surface area (Å²) in [6.45, 7) is 12.3. The molecule has 5 rings (SSSR count). The molecule has 4 nitrogen and oxygen atoms in total. The lowest BCUT2D eigenvalue weighted by atomic mass is 10.1. The summed E-state index contributed by atoms with van der Waals surface area (Å²) < 4.78 is 0. The van der Waals surface area contributed by atoms with Gasteiger partial charge in [0.25, 0.3) is 0 Å². The summed E-state index contributed by atoms with van der Waals surface area (Å²) in [7, 11) is 18.0. The van der Waals surface area contributed by atoms with Gasteiger partial charge in [0.1, 0.15) is 6.29 Å². The zero-order chi connectivity index (χ0) is 41.8. The van der Waals surface area contributed by atoms with Crippen molar-refractivity contribution in [2.24, 2.45) is 0 Å². The number of carbonyl (C=O) groups excluding carboxylic acids is 1. The van der Waals surface area contributed by atoms with E-state index in [2.05, 4.69) is 98.8 Å². The van der Waals surface area contributed by atoms with Gasteiger partial charge in [-0.05, 0) is 98.5 Å². The molecular weight excluding hydrogens is 671 g/mol. The minimum absolute atomic E-state index is 0. The summed E-state index contributed by atoms with van der Waals surface area (Å²) in [5, 5.41) is 0. The number of carbonyl (C=O) groups is 1. The van der Waals surface area contributed by atoms with Crippen LogP contribution in [0, 0.1) is 0 Å². The molecule has 0 spiro atoms. The predicted molar refractivity (Wildman–Crippen MR) is 254 cm³/mol. The first-order valence-corrected chi connectivity index (χ1v) is 19.1. The van der Waals surface area contributed by atoms with Crippen LogP contribution in [0.3, 0.4) is 0 Å². The van der Waals surface area contributed by atoms with E-state index in [0.717, 1.165) is 24.7 Å². The molecule has 0 heterocycles. The van der Waals surface area contributed by atoms with Gasteiger partial charge in [-0.2, -0.15) is 0 Å². The minimum Gasteiger partial charge on any atom is -0.312 e. The van der Waals surface area contributed by atoms with E-state index in [4.69, 9.17) is 0 Å². The van der Waals surface area contributed by atoms with Gasteiger partial charge in [-0.25, -0.2) is 0 Å². The van der Waals surface area contributed by atoms with Crippen LogP contribution in [-0.2, 0) is 12.8 Å². The Labute approximate surface area is 341 Å². The summed E-state index contributed by atoms with van der Waals surface area (Å²) >= 11 is 0. The molecule has 0 N–H and O–H groups in total. The number of aryl methyl sites for hydroxylation is 2. The molecule has 5 aromatic carbocycles. The molecule has 5 aromatic rings. The largest absolute Gasteiger partial charge is 0.312 e. The quantitative estimate of drug-likeness (QED) is 0.132. The first kappa shape index (κ1) is 59.7. The molecule has 0 atom stereocenters. The van der Waals surface area contributed by atoms with Crippen LogP contribution in [0.15, 0.2) is 152 Å². The van der Waals surface area contributed by atoms with Crippen LogP contribution < -0.4 is 0 Å². The van der Waals surface area contributed by atoms with Crippen LogP contribution in [0.5, 0.6) is 0 Å². The molecule has 4 heteroatoms. The fourth-order valence-corrected chi connectivity index (χ4v) is 3.28. The van der Waals surface area contributed by atoms with Crippen molar-refractivity contribution < 1.29 is 4.79 Å². The molecule has 0 aliphatic carbocycles. The zero-order valence-electron chi connectivity index (χ0n) is 36.8. The second kappa shape index (κ2) is 47.4. The number of hydrogen-bond acceptors (Lipinski definition) is 4. The van der Waals surface area contributed by atoms with Gasteiger partial charge in [0.05, 0.1) is 0 Å². The normalized spacial score (nSPS) is 8.76. The highest BCUT2D eigenvalue weighted by Crippen LogP contribution is 2.07. The molecule has 0 aromatic heterocycles. The molecular formula is C51H81N3O. The molecule has 0 radical (unpaired) electrons. The molecule has 0 aliphatic rings. The number of nitrogens with zero attached hydrogens (tertiary/aromatic N) is 3. The Kier molecular flexibility index (Phi) is 51.4. The third-order valence-corrected chi connectivity index (χ3v) is 5.51. The van der Waals surface area contributed by atoms with E-state index in [1.54, 1.807) is 12.1 Å². The second-order valence-corrected chi connectivity index (χ2v) is 12.4. The van der Waals surface area contributed by atoms with Crippen molar-refractivity contribution in [1.29, 1.82) is 0 Å². The molecule has 306 valence electrons. The fourth-order valence-electron chi connectivity index (χ4n) is 3.28. The highest BCUT2D eigenvalue weighted by atomic mass is 16.1. The summed E-state index contributed by atoms with van der Waals surface area (Å²) in [6.07, 6.45) is 7.35. The fraction of sp³-hybridized carbons (Fsp3) is 0.353. The molecule has 0 amide bonds. The molecule has 55 heavy (non-hydrogen) atoms. The van der Waals surface area contributed by atoms with Crippen LogP contribution in [0.25, 0.3) is 12.2 Å². The average molecular weight is 752 g/mol. The average Bonchev–Trinajstić information content (AvgIpc) is 3.20. The maximum atomic E-state index is 10.0. The van der Waals surface area contributed by atoms with Gasteiger partial charge < -0.3 is 14.7 Å². The Hall–Kier alpha value is -4.61. The lowest BCUT2D eigenvalue weighted by molar-refractivity contribution is 0.112. The van der Waals surface area contributed by atoms with Crippen LogP contribution in [-0.4, -0.2) is 84.4 Å². The van der Waals surface area contributed by atoms with Gasteiger partial charge >= 0.3 is 0 Å². The Balaban J connectivity index is -0.000000182. The monoisotopic (exact) mass is 752 g/mol. The third kappa shape index (κ3) is 51.5.